The van der Waals surface area contributed by atoms with Crippen LogP contribution >= 0.6 is 11.8 Å². The Labute approximate surface area is 204 Å². The maximum atomic E-state index is 13.4. The van der Waals surface area contributed by atoms with E-state index in [9.17, 15) is 9.59 Å². The summed E-state index contributed by atoms with van der Waals surface area (Å²) in [5.41, 5.74) is 3.63. The number of methoxy groups -OCH3 is 2. The number of fused-ring (bicyclic) bond motifs is 1. The Morgan fingerprint density at radius 3 is 2.47 bits per heavy atom. The molecule has 6 nitrogen and oxygen atoms in total. The zero-order valence-electron chi connectivity index (χ0n) is 19.5. The molecule has 0 saturated carbocycles. The van der Waals surface area contributed by atoms with Crippen LogP contribution in [0.1, 0.15) is 29.7 Å². The summed E-state index contributed by atoms with van der Waals surface area (Å²) in [7, 11) is 3.19. The van der Waals surface area contributed by atoms with Gasteiger partial charge in [-0.1, -0.05) is 37.3 Å². The fraction of sp³-hybridized carbons (Fsp3) is 0.259. The molecule has 0 aromatic heterocycles. The number of rotatable bonds is 7. The second-order valence-corrected chi connectivity index (χ2v) is 9.22. The minimum Gasteiger partial charge on any atom is -0.493 e. The van der Waals surface area contributed by atoms with Crippen LogP contribution in [0.3, 0.4) is 0 Å². The average Bonchev–Trinajstić information content (AvgIpc) is 3.00. The highest BCUT2D eigenvalue weighted by molar-refractivity contribution is 7.99. The van der Waals surface area contributed by atoms with Crippen LogP contribution in [0.4, 0.5) is 11.4 Å². The van der Waals surface area contributed by atoms with Crippen LogP contribution in [0, 0.1) is 0 Å². The number of thioether (sulfide) groups is 1. The molecule has 1 heterocycles. The highest BCUT2D eigenvalue weighted by Crippen LogP contribution is 2.46. The standard InChI is InChI=1S/C27H28N2O4S/c1-4-18-9-12-20(13-10-18)28-26(30)17-29-21-7-5-6-8-24(21)34-25(16-27(29)31)19-11-14-22(32-2)23(15-19)33-3/h5-15,25H,4,16-17H2,1-3H3,(H,28,30)/t25-/m0/s1. The van der Waals surface area contributed by atoms with Crippen molar-refractivity contribution in [3.8, 4) is 11.5 Å². The average molecular weight is 477 g/mol. The molecule has 7 heteroatoms. The van der Waals surface area contributed by atoms with E-state index in [0.717, 1.165) is 28.3 Å². The highest BCUT2D eigenvalue weighted by atomic mass is 32.2. The summed E-state index contributed by atoms with van der Waals surface area (Å²) in [4.78, 5) is 28.8. The van der Waals surface area contributed by atoms with Crippen LogP contribution in [0.2, 0.25) is 0 Å². The number of nitrogens with zero attached hydrogens (tertiary/aromatic N) is 1. The summed E-state index contributed by atoms with van der Waals surface area (Å²) in [6.07, 6.45) is 1.19. The van der Waals surface area contributed by atoms with Crippen molar-refractivity contribution >= 4 is 35.0 Å². The molecule has 4 rings (SSSR count). The number of para-hydroxylation sites is 1. The van der Waals surface area contributed by atoms with Crippen LogP contribution in [0.15, 0.2) is 71.6 Å². The van der Waals surface area contributed by atoms with E-state index in [0.29, 0.717) is 11.5 Å². The summed E-state index contributed by atoms with van der Waals surface area (Å²) in [6, 6.07) is 21.2. The Balaban J connectivity index is 1.57. The molecule has 0 saturated heterocycles. The Kier molecular flexibility index (Phi) is 7.43. The molecule has 0 spiro atoms. The number of amides is 2. The lowest BCUT2D eigenvalue weighted by atomic mass is 10.1. The van der Waals surface area contributed by atoms with Crippen molar-refractivity contribution < 1.29 is 19.1 Å². The van der Waals surface area contributed by atoms with Crippen LogP contribution in [-0.4, -0.2) is 32.6 Å². The Hall–Kier alpha value is -3.45. The molecule has 0 unspecified atom stereocenters. The normalized spacial score (nSPS) is 15.3. The number of carbonyl (C=O) groups excluding carboxylic acids is 2. The number of nitrogens with one attached hydrogen (secondary N) is 1. The number of aryl methyl sites for hydroxylation is 1. The predicted molar refractivity (Wildman–Crippen MR) is 136 cm³/mol. The van der Waals surface area contributed by atoms with Crippen LogP contribution in [0.25, 0.3) is 0 Å². The molecule has 3 aromatic carbocycles. The zero-order valence-corrected chi connectivity index (χ0v) is 20.4. The minimum absolute atomic E-state index is 0.0510. The van der Waals surface area contributed by atoms with Gasteiger partial charge < -0.3 is 19.7 Å². The van der Waals surface area contributed by atoms with Gasteiger partial charge in [-0.2, -0.15) is 0 Å². The number of hydrogen-bond acceptors (Lipinski definition) is 5. The smallest absolute Gasteiger partial charge is 0.244 e. The van der Waals surface area contributed by atoms with Gasteiger partial charge in [0.2, 0.25) is 11.8 Å². The largest absolute Gasteiger partial charge is 0.493 e. The van der Waals surface area contributed by atoms with E-state index in [4.69, 9.17) is 9.47 Å². The fourth-order valence-electron chi connectivity index (χ4n) is 3.96. The summed E-state index contributed by atoms with van der Waals surface area (Å²) >= 11 is 1.62. The van der Waals surface area contributed by atoms with Gasteiger partial charge in [0.05, 0.1) is 19.9 Å². The predicted octanol–water partition coefficient (Wildman–Crippen LogP) is 5.48. The first-order valence-corrected chi connectivity index (χ1v) is 12.1. The molecule has 1 aliphatic heterocycles. The minimum atomic E-state index is -0.234. The Morgan fingerprint density at radius 2 is 1.76 bits per heavy atom. The maximum absolute atomic E-state index is 13.4. The van der Waals surface area contributed by atoms with Crippen molar-refractivity contribution in [2.45, 2.75) is 29.9 Å². The molecule has 176 valence electrons. The lowest BCUT2D eigenvalue weighted by Gasteiger charge is -2.22. The molecule has 1 atom stereocenters. The molecule has 1 aliphatic rings. The summed E-state index contributed by atoms with van der Waals surface area (Å²) in [5, 5.41) is 2.79. The molecule has 1 N–H and O–H groups in total. The number of benzene rings is 3. The molecule has 0 aliphatic carbocycles. The van der Waals surface area contributed by atoms with E-state index >= 15 is 0 Å². The summed E-state index contributed by atoms with van der Waals surface area (Å²) < 4.78 is 10.8. The SMILES string of the molecule is CCc1ccc(NC(=O)CN2C(=O)C[C@@H](c3ccc(OC)c(OC)c3)Sc3ccccc32)cc1. The van der Waals surface area contributed by atoms with Gasteiger partial charge in [-0.25, -0.2) is 0 Å². The number of anilines is 2. The van der Waals surface area contributed by atoms with Gasteiger partial charge in [0.25, 0.3) is 0 Å². The van der Waals surface area contributed by atoms with Crippen molar-refractivity contribution in [2.24, 2.45) is 0 Å². The van der Waals surface area contributed by atoms with Crippen molar-refractivity contribution in [3.05, 3.63) is 77.9 Å². The lowest BCUT2D eigenvalue weighted by Crippen LogP contribution is -2.38. The van der Waals surface area contributed by atoms with Crippen LogP contribution < -0.4 is 19.7 Å². The van der Waals surface area contributed by atoms with E-state index < -0.39 is 0 Å². The van der Waals surface area contributed by atoms with E-state index in [-0.39, 0.29) is 30.0 Å². The molecular formula is C27H28N2O4S. The molecular weight excluding hydrogens is 448 g/mol. The van der Waals surface area contributed by atoms with Crippen molar-refractivity contribution in [1.82, 2.24) is 0 Å². The van der Waals surface area contributed by atoms with Crippen molar-refractivity contribution in [1.29, 1.82) is 0 Å². The van der Waals surface area contributed by atoms with Gasteiger partial charge in [-0.15, -0.1) is 11.8 Å². The highest BCUT2D eigenvalue weighted by Gasteiger charge is 2.30. The topological polar surface area (TPSA) is 67.9 Å². The molecule has 2 amide bonds. The van der Waals surface area contributed by atoms with Gasteiger partial charge in [0.15, 0.2) is 11.5 Å². The van der Waals surface area contributed by atoms with E-state index in [1.54, 1.807) is 30.9 Å². The Bertz CT molecular complexity index is 1180. The second kappa shape index (κ2) is 10.7. The van der Waals surface area contributed by atoms with Crippen molar-refractivity contribution in [2.75, 3.05) is 31.0 Å². The third-order valence-electron chi connectivity index (χ3n) is 5.81. The van der Waals surface area contributed by atoms with Gasteiger partial charge in [-0.3, -0.25) is 9.59 Å². The van der Waals surface area contributed by atoms with Crippen LogP contribution in [0.5, 0.6) is 11.5 Å². The Morgan fingerprint density at radius 1 is 1.03 bits per heavy atom. The quantitative estimate of drug-likeness (QED) is 0.489. The first-order chi connectivity index (χ1) is 16.5. The first kappa shape index (κ1) is 23.7. The maximum Gasteiger partial charge on any atom is 0.244 e. The molecule has 0 radical (unpaired) electrons. The van der Waals surface area contributed by atoms with Gasteiger partial charge >= 0.3 is 0 Å². The zero-order chi connectivity index (χ0) is 24.1. The molecule has 34 heavy (non-hydrogen) atoms. The molecule has 3 aromatic rings. The summed E-state index contributed by atoms with van der Waals surface area (Å²) in [5.74, 6) is 0.924. The van der Waals surface area contributed by atoms with Gasteiger partial charge in [-0.05, 0) is 53.9 Å². The van der Waals surface area contributed by atoms with E-state index in [1.807, 2.05) is 66.7 Å². The number of carbonyl (C=O) groups is 2. The lowest BCUT2D eigenvalue weighted by molar-refractivity contribution is -0.121. The monoisotopic (exact) mass is 476 g/mol. The van der Waals surface area contributed by atoms with E-state index in [1.165, 1.54) is 5.56 Å². The van der Waals surface area contributed by atoms with Gasteiger partial charge in [0, 0.05) is 22.3 Å². The molecule has 0 bridgehead atoms. The third kappa shape index (κ3) is 5.20. The third-order valence-corrected chi connectivity index (χ3v) is 7.14. The number of hydrogen-bond donors (Lipinski definition) is 1. The van der Waals surface area contributed by atoms with Gasteiger partial charge in [0.1, 0.15) is 6.54 Å². The number of ether oxygens (including phenoxy) is 2. The van der Waals surface area contributed by atoms with E-state index in [2.05, 4.69) is 12.2 Å². The first-order valence-electron chi connectivity index (χ1n) is 11.2. The second-order valence-electron chi connectivity index (χ2n) is 7.97. The van der Waals surface area contributed by atoms with Crippen LogP contribution in [-0.2, 0) is 16.0 Å². The fourth-order valence-corrected chi connectivity index (χ4v) is 5.23. The summed E-state index contributed by atoms with van der Waals surface area (Å²) in [6.45, 7) is 2.04. The molecule has 0 fully saturated rings. The van der Waals surface area contributed by atoms with Crippen molar-refractivity contribution in [3.63, 3.8) is 0 Å².